The van der Waals surface area contributed by atoms with Crippen molar-refractivity contribution in [1.29, 1.82) is 0 Å². The quantitative estimate of drug-likeness (QED) is 0.742. The molecule has 3 nitrogen and oxygen atoms in total. The minimum Gasteiger partial charge on any atom is -0.219 e. The topological polar surface area (TPSA) is 30.2 Å². The van der Waals surface area contributed by atoms with E-state index in [1.54, 1.807) is 6.92 Å². The summed E-state index contributed by atoms with van der Waals surface area (Å²) in [5, 5.41) is 3.34. The zero-order chi connectivity index (χ0) is 11.2. The van der Waals surface area contributed by atoms with Gasteiger partial charge in [-0.2, -0.15) is 13.2 Å². The first kappa shape index (κ1) is 10.4. The van der Waals surface area contributed by atoms with Crippen LogP contribution in [0.25, 0.3) is 5.65 Å². The minimum atomic E-state index is -4.51. The zero-order valence-corrected chi connectivity index (χ0v) is 9.09. The fourth-order valence-electron chi connectivity index (χ4n) is 1.12. The molecule has 15 heavy (non-hydrogen) atoms. The number of alkyl halides is 3. The molecule has 2 aromatic heterocycles. The molecule has 7 heteroatoms. The lowest BCUT2D eigenvalue weighted by molar-refractivity contribution is -0.144. The van der Waals surface area contributed by atoms with Crippen molar-refractivity contribution in [2.24, 2.45) is 0 Å². The van der Waals surface area contributed by atoms with Crippen molar-refractivity contribution in [1.82, 2.24) is 14.6 Å². The summed E-state index contributed by atoms with van der Waals surface area (Å²) in [6.45, 7) is 1.77. The summed E-state index contributed by atoms with van der Waals surface area (Å²) in [7, 11) is 0. The normalized spacial score (nSPS) is 12.3. The lowest BCUT2D eigenvalue weighted by atomic mass is 10.3. The molecule has 0 aromatic carbocycles. The van der Waals surface area contributed by atoms with Gasteiger partial charge in [0, 0.05) is 10.7 Å². The maximum Gasteiger partial charge on any atom is 0.453 e. The second-order valence-corrected chi connectivity index (χ2v) is 3.89. The van der Waals surface area contributed by atoms with E-state index in [-0.39, 0.29) is 5.65 Å². The Balaban J connectivity index is 2.66. The molecule has 0 aliphatic rings. The molecule has 80 valence electrons. The number of aromatic nitrogens is 3. The fraction of sp³-hybridized carbons (Fsp3) is 0.250. The molecule has 2 rings (SSSR count). The van der Waals surface area contributed by atoms with Crippen molar-refractivity contribution in [3.63, 3.8) is 0 Å². The monoisotopic (exact) mass is 279 g/mol. The SMILES string of the molecule is Cc1cc2nc(C(F)(F)F)nn2cc1Br. The van der Waals surface area contributed by atoms with Crippen LogP contribution in [0.4, 0.5) is 13.2 Å². The van der Waals surface area contributed by atoms with Crippen molar-refractivity contribution in [3.8, 4) is 0 Å². The van der Waals surface area contributed by atoms with Crippen molar-refractivity contribution < 1.29 is 13.2 Å². The van der Waals surface area contributed by atoms with Crippen LogP contribution in [0.3, 0.4) is 0 Å². The Morgan fingerprint density at radius 2 is 2.07 bits per heavy atom. The number of nitrogens with zero attached hydrogens (tertiary/aromatic N) is 3. The largest absolute Gasteiger partial charge is 0.453 e. The van der Waals surface area contributed by atoms with Gasteiger partial charge in [-0.3, -0.25) is 0 Å². The average Bonchev–Trinajstić information content (AvgIpc) is 2.47. The second kappa shape index (κ2) is 3.19. The summed E-state index contributed by atoms with van der Waals surface area (Å²) in [4.78, 5) is 3.39. The van der Waals surface area contributed by atoms with Crippen LogP contribution in [-0.2, 0) is 6.18 Å². The molecule has 0 N–H and O–H groups in total. The van der Waals surface area contributed by atoms with Crippen molar-refractivity contribution in [2.75, 3.05) is 0 Å². The Hall–Kier alpha value is -1.11. The Bertz CT molecular complexity index is 479. The predicted octanol–water partition coefficient (Wildman–Crippen LogP) is 2.82. The summed E-state index contributed by atoms with van der Waals surface area (Å²) in [6.07, 6.45) is -3.06. The van der Waals surface area contributed by atoms with Crippen molar-refractivity contribution in [3.05, 3.63) is 28.1 Å². The smallest absolute Gasteiger partial charge is 0.219 e. The van der Waals surface area contributed by atoms with Crippen LogP contribution >= 0.6 is 15.9 Å². The predicted molar refractivity (Wildman–Crippen MR) is 50.4 cm³/mol. The highest BCUT2D eigenvalue weighted by Crippen LogP contribution is 2.27. The number of hydrogen-bond acceptors (Lipinski definition) is 2. The van der Waals surface area contributed by atoms with Crippen molar-refractivity contribution in [2.45, 2.75) is 13.1 Å². The van der Waals surface area contributed by atoms with Gasteiger partial charge in [-0.15, -0.1) is 5.10 Å². The fourth-order valence-corrected chi connectivity index (χ4v) is 1.43. The van der Waals surface area contributed by atoms with E-state index in [9.17, 15) is 13.2 Å². The van der Waals surface area contributed by atoms with Gasteiger partial charge in [-0.25, -0.2) is 9.50 Å². The first-order valence-corrected chi connectivity index (χ1v) is 4.77. The third-order valence-electron chi connectivity index (χ3n) is 1.87. The van der Waals surface area contributed by atoms with E-state index in [0.717, 1.165) is 10.1 Å². The third kappa shape index (κ3) is 1.83. The highest BCUT2D eigenvalue weighted by atomic mass is 79.9. The Labute approximate surface area is 91.1 Å². The van der Waals surface area contributed by atoms with E-state index in [2.05, 4.69) is 26.0 Å². The van der Waals surface area contributed by atoms with Crippen LogP contribution in [0.2, 0.25) is 0 Å². The minimum absolute atomic E-state index is 0.183. The standard InChI is InChI=1S/C8H5BrF3N3/c1-4-2-6-13-7(8(10,11)12)14-15(6)3-5(4)9/h2-3H,1H3. The molecule has 0 aliphatic heterocycles. The van der Waals surface area contributed by atoms with E-state index in [1.807, 2.05) is 0 Å². The molecule has 2 aromatic rings. The maximum atomic E-state index is 12.3. The molecule has 0 bridgehead atoms. The number of aryl methyl sites for hydroxylation is 1. The van der Waals surface area contributed by atoms with Crippen LogP contribution in [0, 0.1) is 6.92 Å². The van der Waals surface area contributed by atoms with Crippen LogP contribution < -0.4 is 0 Å². The highest BCUT2D eigenvalue weighted by molar-refractivity contribution is 9.10. The van der Waals surface area contributed by atoms with E-state index >= 15 is 0 Å². The molecule has 0 radical (unpaired) electrons. The summed E-state index contributed by atoms with van der Waals surface area (Å²) >= 11 is 3.21. The zero-order valence-electron chi connectivity index (χ0n) is 7.51. The highest BCUT2D eigenvalue weighted by Gasteiger charge is 2.36. The van der Waals surface area contributed by atoms with Gasteiger partial charge in [0.1, 0.15) is 0 Å². The first-order chi connectivity index (χ1) is 6.88. The molecule has 0 atom stereocenters. The third-order valence-corrected chi connectivity index (χ3v) is 2.70. The molecular formula is C8H5BrF3N3. The molecule has 0 fully saturated rings. The van der Waals surface area contributed by atoms with E-state index < -0.39 is 12.0 Å². The van der Waals surface area contributed by atoms with E-state index in [0.29, 0.717) is 4.47 Å². The molecule has 2 heterocycles. The van der Waals surface area contributed by atoms with Crippen LogP contribution in [0.15, 0.2) is 16.7 Å². The molecule has 0 saturated heterocycles. The molecule has 0 spiro atoms. The lowest BCUT2D eigenvalue weighted by Gasteiger charge is -1.97. The van der Waals surface area contributed by atoms with Gasteiger partial charge in [0.2, 0.25) is 0 Å². The van der Waals surface area contributed by atoms with Crippen LogP contribution in [0.1, 0.15) is 11.4 Å². The number of pyridine rings is 1. The summed E-state index contributed by atoms with van der Waals surface area (Å²) in [5.74, 6) is -1.13. The molecule has 0 saturated carbocycles. The molecule has 0 unspecified atom stereocenters. The van der Waals surface area contributed by atoms with Gasteiger partial charge in [-0.05, 0) is 34.5 Å². The molecular weight excluding hydrogens is 275 g/mol. The van der Waals surface area contributed by atoms with Crippen molar-refractivity contribution >= 4 is 21.6 Å². The maximum absolute atomic E-state index is 12.3. The molecule has 0 aliphatic carbocycles. The Morgan fingerprint density at radius 3 is 2.67 bits per heavy atom. The molecule has 0 amide bonds. The van der Waals surface area contributed by atoms with E-state index in [1.165, 1.54) is 12.3 Å². The number of fused-ring (bicyclic) bond motifs is 1. The van der Waals surface area contributed by atoms with E-state index in [4.69, 9.17) is 0 Å². The second-order valence-electron chi connectivity index (χ2n) is 3.04. The number of hydrogen-bond donors (Lipinski definition) is 0. The van der Waals surface area contributed by atoms with Gasteiger partial charge >= 0.3 is 6.18 Å². The summed E-state index contributed by atoms with van der Waals surface area (Å²) in [5.41, 5.74) is 0.992. The van der Waals surface area contributed by atoms with Crippen LogP contribution in [-0.4, -0.2) is 14.6 Å². The van der Waals surface area contributed by atoms with Crippen LogP contribution in [0.5, 0.6) is 0 Å². The first-order valence-electron chi connectivity index (χ1n) is 3.97. The van der Waals surface area contributed by atoms with Gasteiger partial charge < -0.3 is 0 Å². The Morgan fingerprint density at radius 1 is 1.40 bits per heavy atom. The average molecular weight is 280 g/mol. The number of halogens is 4. The summed E-state index contributed by atoms with van der Waals surface area (Å²) < 4.78 is 38.6. The van der Waals surface area contributed by atoms with Gasteiger partial charge in [0.25, 0.3) is 5.82 Å². The number of rotatable bonds is 0. The summed E-state index contributed by atoms with van der Waals surface area (Å²) in [6, 6.07) is 1.53. The Kier molecular flexibility index (Phi) is 2.22. The van der Waals surface area contributed by atoms with Gasteiger partial charge in [0.05, 0.1) is 0 Å². The van der Waals surface area contributed by atoms with Gasteiger partial charge in [-0.1, -0.05) is 0 Å². The van der Waals surface area contributed by atoms with Gasteiger partial charge in [0.15, 0.2) is 5.65 Å². The lowest BCUT2D eigenvalue weighted by Crippen LogP contribution is -2.07.